The van der Waals surface area contributed by atoms with Gasteiger partial charge in [0.05, 0.1) is 40.0 Å². The highest BCUT2D eigenvalue weighted by Gasteiger charge is 2.44. The molecule has 0 aromatic heterocycles. The summed E-state index contributed by atoms with van der Waals surface area (Å²) >= 11 is 0. The molecular formula is C26H34O11. The molecule has 0 amide bonds. The van der Waals surface area contributed by atoms with Gasteiger partial charge in [-0.1, -0.05) is 12.1 Å². The fourth-order valence-corrected chi connectivity index (χ4v) is 4.80. The van der Waals surface area contributed by atoms with E-state index in [0.717, 1.165) is 16.7 Å². The summed E-state index contributed by atoms with van der Waals surface area (Å²) in [5, 5.41) is 59.4. The summed E-state index contributed by atoms with van der Waals surface area (Å²) in [6.07, 6.45) is -6.00. The highest BCUT2D eigenvalue weighted by atomic mass is 16.7. The van der Waals surface area contributed by atoms with Gasteiger partial charge in [-0.25, -0.2) is 0 Å². The second-order valence-corrected chi connectivity index (χ2v) is 9.15. The minimum atomic E-state index is -1.49. The predicted octanol–water partition coefficient (Wildman–Crippen LogP) is 0.368. The Morgan fingerprint density at radius 2 is 1.65 bits per heavy atom. The predicted molar refractivity (Wildman–Crippen MR) is 129 cm³/mol. The summed E-state index contributed by atoms with van der Waals surface area (Å²) in [6.45, 7) is -0.516. The van der Waals surface area contributed by atoms with Crippen LogP contribution in [-0.2, 0) is 15.9 Å². The van der Waals surface area contributed by atoms with E-state index in [1.807, 2.05) is 12.1 Å². The van der Waals surface area contributed by atoms with Gasteiger partial charge in [0, 0.05) is 5.56 Å². The second-order valence-electron chi connectivity index (χ2n) is 9.15. The summed E-state index contributed by atoms with van der Waals surface area (Å²) in [4.78, 5) is 0. The SMILES string of the molecule is COc1cc([C@H]2Oc3c(OC)cc(CCCO[C@H]4O[C@H](CO)[C@@H](O)[C@H](O)[C@H]4O)cc3[C@H]2CO)ccc1O. The zero-order valence-corrected chi connectivity index (χ0v) is 20.7. The molecule has 2 aromatic rings. The Kier molecular flexibility index (Phi) is 8.75. The number of aryl methyl sites for hydroxylation is 1. The van der Waals surface area contributed by atoms with Gasteiger partial charge in [0.2, 0.25) is 0 Å². The van der Waals surface area contributed by atoms with Crippen molar-refractivity contribution in [1.82, 2.24) is 0 Å². The molecule has 0 spiro atoms. The molecule has 2 aliphatic heterocycles. The third kappa shape index (κ3) is 5.48. The zero-order chi connectivity index (χ0) is 26.7. The topological polar surface area (TPSA) is 168 Å². The molecule has 7 atom stereocenters. The normalized spacial score (nSPS) is 29.0. The molecule has 11 nitrogen and oxygen atoms in total. The molecule has 37 heavy (non-hydrogen) atoms. The van der Waals surface area contributed by atoms with Crippen molar-refractivity contribution < 1.29 is 54.3 Å². The van der Waals surface area contributed by atoms with Crippen molar-refractivity contribution in [1.29, 1.82) is 0 Å². The van der Waals surface area contributed by atoms with E-state index in [2.05, 4.69) is 0 Å². The maximum atomic E-state index is 10.2. The lowest BCUT2D eigenvalue weighted by molar-refractivity contribution is -0.301. The number of ether oxygens (including phenoxy) is 5. The molecule has 2 aromatic carbocycles. The number of fused-ring (bicyclic) bond motifs is 1. The van der Waals surface area contributed by atoms with E-state index in [9.17, 15) is 30.6 Å². The Morgan fingerprint density at radius 3 is 2.32 bits per heavy atom. The number of rotatable bonds is 10. The number of phenolic OH excluding ortho intramolecular Hbond substituents is 1. The van der Waals surface area contributed by atoms with Crippen LogP contribution >= 0.6 is 0 Å². The molecule has 11 heteroatoms. The van der Waals surface area contributed by atoms with Crippen LogP contribution in [0.1, 0.15) is 35.1 Å². The third-order valence-corrected chi connectivity index (χ3v) is 6.84. The van der Waals surface area contributed by atoms with Gasteiger partial charge in [0.1, 0.15) is 30.5 Å². The smallest absolute Gasteiger partial charge is 0.186 e. The standard InChI is InChI=1S/C26H34O11/c1-33-18-10-14(5-6-17(18)29)24-16(11-27)15-8-13(9-19(34-2)25(15)37-24)4-3-7-35-26-23(32)22(31)21(30)20(12-28)36-26/h5-6,8-10,16,20-24,26-32H,3-4,7,11-12H2,1-2H3/t16-,20-,21-,22+,23-,24-,26+/m1/s1. The lowest BCUT2D eigenvalue weighted by atomic mass is 9.90. The van der Waals surface area contributed by atoms with Crippen LogP contribution in [0.2, 0.25) is 0 Å². The van der Waals surface area contributed by atoms with Crippen LogP contribution in [0.3, 0.4) is 0 Å². The van der Waals surface area contributed by atoms with Crippen molar-refractivity contribution in [2.45, 2.75) is 55.6 Å². The Balaban J connectivity index is 1.44. The number of hydrogen-bond donors (Lipinski definition) is 6. The number of aromatic hydroxyl groups is 1. The number of hydrogen-bond acceptors (Lipinski definition) is 11. The van der Waals surface area contributed by atoms with Crippen LogP contribution in [0.25, 0.3) is 0 Å². The van der Waals surface area contributed by atoms with Gasteiger partial charge < -0.3 is 54.3 Å². The van der Waals surface area contributed by atoms with Gasteiger partial charge >= 0.3 is 0 Å². The van der Waals surface area contributed by atoms with Crippen molar-refractivity contribution in [2.24, 2.45) is 0 Å². The summed E-state index contributed by atoms with van der Waals surface area (Å²) in [6, 6.07) is 8.72. The molecule has 2 aliphatic rings. The molecule has 4 rings (SSSR count). The number of aliphatic hydroxyl groups excluding tert-OH is 5. The fourth-order valence-electron chi connectivity index (χ4n) is 4.80. The zero-order valence-electron chi connectivity index (χ0n) is 20.7. The maximum absolute atomic E-state index is 10.2. The van der Waals surface area contributed by atoms with Crippen molar-refractivity contribution in [3.63, 3.8) is 0 Å². The summed E-state index contributed by atoms with van der Waals surface area (Å²) < 4.78 is 27.9. The quantitative estimate of drug-likeness (QED) is 0.239. The minimum Gasteiger partial charge on any atom is -0.504 e. The number of methoxy groups -OCH3 is 2. The van der Waals surface area contributed by atoms with Crippen LogP contribution in [0.5, 0.6) is 23.0 Å². The molecular weight excluding hydrogens is 488 g/mol. The molecule has 1 saturated heterocycles. The molecule has 6 N–H and O–H groups in total. The minimum absolute atomic E-state index is 0.00751. The van der Waals surface area contributed by atoms with Crippen LogP contribution in [0.15, 0.2) is 30.3 Å². The van der Waals surface area contributed by atoms with Gasteiger partial charge in [0.25, 0.3) is 0 Å². The van der Waals surface area contributed by atoms with E-state index < -0.39 is 43.4 Å². The Bertz CT molecular complexity index is 1060. The van der Waals surface area contributed by atoms with E-state index in [4.69, 9.17) is 23.7 Å². The van der Waals surface area contributed by atoms with Crippen LogP contribution in [0.4, 0.5) is 0 Å². The van der Waals surface area contributed by atoms with Crippen molar-refractivity contribution in [3.05, 3.63) is 47.0 Å². The number of benzene rings is 2. The fraction of sp³-hybridized carbons (Fsp3) is 0.538. The molecule has 0 radical (unpaired) electrons. The van der Waals surface area contributed by atoms with Gasteiger partial charge in [-0.2, -0.15) is 0 Å². The van der Waals surface area contributed by atoms with E-state index in [1.54, 1.807) is 12.1 Å². The van der Waals surface area contributed by atoms with Crippen molar-refractivity contribution in [2.75, 3.05) is 34.0 Å². The molecule has 0 bridgehead atoms. The molecule has 204 valence electrons. The summed E-state index contributed by atoms with van der Waals surface area (Å²) in [5.74, 6) is 1.01. The van der Waals surface area contributed by atoms with Gasteiger partial charge in [-0.05, 0) is 42.2 Å². The number of aliphatic hydroxyl groups is 5. The molecule has 0 unspecified atom stereocenters. The van der Waals surface area contributed by atoms with E-state index in [1.165, 1.54) is 20.3 Å². The highest BCUT2D eigenvalue weighted by molar-refractivity contribution is 5.56. The maximum Gasteiger partial charge on any atom is 0.186 e. The summed E-state index contributed by atoms with van der Waals surface area (Å²) in [7, 11) is 3.00. The first-order chi connectivity index (χ1) is 17.8. The van der Waals surface area contributed by atoms with E-state index in [-0.39, 0.29) is 24.9 Å². The monoisotopic (exact) mass is 522 g/mol. The van der Waals surface area contributed by atoms with E-state index in [0.29, 0.717) is 30.1 Å². The highest BCUT2D eigenvalue weighted by Crippen LogP contribution is 2.51. The van der Waals surface area contributed by atoms with E-state index >= 15 is 0 Å². The van der Waals surface area contributed by atoms with Crippen LogP contribution in [-0.4, -0.2) is 95.4 Å². The van der Waals surface area contributed by atoms with Gasteiger partial charge in [0.15, 0.2) is 29.3 Å². The summed E-state index contributed by atoms with van der Waals surface area (Å²) in [5.41, 5.74) is 2.45. The first kappa shape index (κ1) is 27.4. The number of phenols is 1. The van der Waals surface area contributed by atoms with Crippen LogP contribution < -0.4 is 14.2 Å². The van der Waals surface area contributed by atoms with Gasteiger partial charge in [-0.15, -0.1) is 0 Å². The van der Waals surface area contributed by atoms with Gasteiger partial charge in [-0.3, -0.25) is 0 Å². The van der Waals surface area contributed by atoms with Crippen molar-refractivity contribution in [3.8, 4) is 23.0 Å². The molecule has 0 aliphatic carbocycles. The molecule has 1 fully saturated rings. The first-order valence-electron chi connectivity index (χ1n) is 12.1. The Hall–Kier alpha value is -2.64. The van der Waals surface area contributed by atoms with Crippen LogP contribution in [0, 0.1) is 0 Å². The Labute approximate surface area is 214 Å². The third-order valence-electron chi connectivity index (χ3n) is 6.84. The molecule has 2 heterocycles. The average molecular weight is 523 g/mol. The largest absolute Gasteiger partial charge is 0.504 e. The lowest BCUT2D eigenvalue weighted by Gasteiger charge is -2.39. The molecule has 0 saturated carbocycles. The first-order valence-corrected chi connectivity index (χ1v) is 12.1. The lowest BCUT2D eigenvalue weighted by Crippen LogP contribution is -2.59. The second kappa shape index (κ2) is 11.8. The van der Waals surface area contributed by atoms with Crippen molar-refractivity contribution >= 4 is 0 Å². The Morgan fingerprint density at radius 1 is 0.892 bits per heavy atom. The average Bonchev–Trinajstić information content (AvgIpc) is 3.29.